The Morgan fingerprint density at radius 2 is 2.12 bits per heavy atom. The molecule has 0 amide bonds. The molecule has 6 heteroatoms. The fourth-order valence-corrected chi connectivity index (χ4v) is 5.21. The molecule has 2 aromatic heterocycles. The Labute approximate surface area is 163 Å². The molecular formula is C20H25N4S2+. The van der Waals surface area contributed by atoms with Crippen LogP contribution >= 0.6 is 23.6 Å². The predicted octanol–water partition coefficient (Wildman–Crippen LogP) is 3.54. The van der Waals surface area contributed by atoms with E-state index < -0.39 is 0 Å². The molecule has 3 aromatic rings. The van der Waals surface area contributed by atoms with Crippen LogP contribution in [0, 0.1) is 11.7 Å². The highest BCUT2D eigenvalue weighted by Gasteiger charge is 2.31. The van der Waals surface area contributed by atoms with Crippen molar-refractivity contribution in [2.24, 2.45) is 7.05 Å². The van der Waals surface area contributed by atoms with Gasteiger partial charge in [-0.3, -0.25) is 0 Å². The number of fused-ring (bicyclic) bond motifs is 1. The third kappa shape index (κ3) is 2.96. The van der Waals surface area contributed by atoms with Gasteiger partial charge in [0.25, 0.3) is 0 Å². The van der Waals surface area contributed by atoms with Crippen LogP contribution in [0.15, 0.2) is 35.7 Å². The largest absolute Gasteiger partial charge is 0.310 e. The first-order chi connectivity index (χ1) is 12.6. The lowest BCUT2D eigenvalue weighted by Crippen LogP contribution is -3.12. The molecule has 0 radical (unpaired) electrons. The van der Waals surface area contributed by atoms with Gasteiger partial charge in [-0.05, 0) is 36.2 Å². The van der Waals surface area contributed by atoms with Gasteiger partial charge in [0.05, 0.1) is 6.54 Å². The van der Waals surface area contributed by atoms with Gasteiger partial charge in [-0.25, -0.2) is 0 Å². The number of benzene rings is 1. The molecule has 1 aliphatic heterocycles. The van der Waals surface area contributed by atoms with Crippen molar-refractivity contribution in [3.63, 3.8) is 0 Å². The average Bonchev–Trinajstić information content (AvgIpc) is 3.22. The minimum absolute atomic E-state index is 0.538. The molecule has 2 atom stereocenters. The molecule has 0 bridgehead atoms. The summed E-state index contributed by atoms with van der Waals surface area (Å²) in [7, 11) is 2.02. The molecule has 0 spiro atoms. The van der Waals surface area contributed by atoms with Crippen molar-refractivity contribution >= 4 is 23.6 Å². The number of thiophene rings is 1. The summed E-state index contributed by atoms with van der Waals surface area (Å²) in [4.78, 5) is 3.12. The van der Waals surface area contributed by atoms with Crippen LogP contribution in [0.3, 0.4) is 0 Å². The third-order valence-corrected chi connectivity index (χ3v) is 6.99. The Bertz CT molecular complexity index is 982. The van der Waals surface area contributed by atoms with Crippen LogP contribution in [0.2, 0.25) is 0 Å². The van der Waals surface area contributed by atoms with Gasteiger partial charge >= 0.3 is 0 Å². The SMILES string of the molecule is CC[C@@H]1c2ccsc2CC[NH+]1Cn1nc(-c2ccccc2C)n(C)c1=S. The monoisotopic (exact) mass is 385 g/mol. The molecule has 1 aromatic carbocycles. The number of hydrogen-bond acceptors (Lipinski definition) is 3. The van der Waals surface area contributed by atoms with Crippen molar-refractivity contribution in [1.82, 2.24) is 14.3 Å². The van der Waals surface area contributed by atoms with Gasteiger partial charge in [-0.2, -0.15) is 4.68 Å². The van der Waals surface area contributed by atoms with Crippen molar-refractivity contribution in [2.45, 2.75) is 39.4 Å². The summed E-state index contributed by atoms with van der Waals surface area (Å²) in [5.74, 6) is 0.953. The van der Waals surface area contributed by atoms with Crippen LogP contribution in [0.4, 0.5) is 0 Å². The van der Waals surface area contributed by atoms with Crippen molar-refractivity contribution in [2.75, 3.05) is 6.54 Å². The van der Waals surface area contributed by atoms with Gasteiger partial charge in [0, 0.05) is 35.9 Å². The van der Waals surface area contributed by atoms with Crippen LogP contribution in [0.1, 0.15) is 35.4 Å². The highest BCUT2D eigenvalue weighted by atomic mass is 32.1. The number of nitrogens with zero attached hydrogens (tertiary/aromatic N) is 3. The Balaban J connectivity index is 1.67. The van der Waals surface area contributed by atoms with E-state index in [2.05, 4.69) is 49.6 Å². The smallest absolute Gasteiger partial charge is 0.202 e. The number of rotatable bonds is 4. The van der Waals surface area contributed by atoms with E-state index >= 15 is 0 Å². The fourth-order valence-electron chi connectivity index (χ4n) is 4.07. The van der Waals surface area contributed by atoms with E-state index in [0.717, 1.165) is 42.2 Å². The van der Waals surface area contributed by atoms with E-state index in [9.17, 15) is 0 Å². The maximum absolute atomic E-state index is 5.71. The van der Waals surface area contributed by atoms with Gasteiger partial charge in [-0.15, -0.1) is 16.4 Å². The molecule has 1 N–H and O–H groups in total. The highest BCUT2D eigenvalue weighted by Crippen LogP contribution is 2.27. The minimum Gasteiger partial charge on any atom is -0.310 e. The first-order valence-electron chi connectivity index (χ1n) is 9.20. The lowest BCUT2D eigenvalue weighted by Gasteiger charge is -2.31. The topological polar surface area (TPSA) is 27.2 Å². The van der Waals surface area contributed by atoms with Crippen LogP contribution in [-0.2, 0) is 20.1 Å². The van der Waals surface area contributed by atoms with Crippen LogP contribution in [0.25, 0.3) is 11.4 Å². The molecule has 0 fully saturated rings. The molecule has 0 saturated carbocycles. The lowest BCUT2D eigenvalue weighted by atomic mass is 9.98. The summed E-state index contributed by atoms with van der Waals surface area (Å²) in [6, 6.07) is 11.2. The molecule has 0 aliphatic carbocycles. The van der Waals surface area contributed by atoms with Gasteiger partial charge in [-0.1, -0.05) is 31.2 Å². The Hall–Kier alpha value is -1.76. The molecule has 1 aliphatic rings. The highest BCUT2D eigenvalue weighted by molar-refractivity contribution is 7.71. The number of quaternary nitrogens is 1. The van der Waals surface area contributed by atoms with E-state index in [0.29, 0.717) is 6.04 Å². The number of aromatic nitrogens is 3. The quantitative estimate of drug-likeness (QED) is 0.696. The second kappa shape index (κ2) is 7.10. The van der Waals surface area contributed by atoms with E-state index in [1.807, 2.05) is 27.6 Å². The maximum Gasteiger partial charge on any atom is 0.202 e. The standard InChI is InChI=1S/C20H24N4S2/c1-4-17-16-10-12-26-18(16)9-11-23(17)13-24-20(25)22(3)19(21-24)15-8-6-5-7-14(15)2/h5-8,10,12,17H,4,9,11,13H2,1-3H3/p+1/t17-/m1/s1. The van der Waals surface area contributed by atoms with Gasteiger partial charge in [0.2, 0.25) is 4.77 Å². The van der Waals surface area contributed by atoms with Crippen molar-refractivity contribution < 1.29 is 4.90 Å². The van der Waals surface area contributed by atoms with E-state index in [-0.39, 0.29) is 0 Å². The van der Waals surface area contributed by atoms with Gasteiger partial charge in [0.15, 0.2) is 12.5 Å². The average molecular weight is 386 g/mol. The third-order valence-electron chi connectivity index (χ3n) is 5.51. The first-order valence-corrected chi connectivity index (χ1v) is 10.5. The fraction of sp³-hybridized carbons (Fsp3) is 0.400. The summed E-state index contributed by atoms with van der Waals surface area (Å²) < 4.78 is 4.85. The van der Waals surface area contributed by atoms with Crippen molar-refractivity contribution in [1.29, 1.82) is 0 Å². The normalized spacial score (nSPS) is 19.5. The molecule has 0 saturated heterocycles. The molecule has 1 unspecified atom stereocenters. The van der Waals surface area contributed by atoms with Crippen LogP contribution in [0.5, 0.6) is 0 Å². The summed E-state index contributed by atoms with van der Waals surface area (Å²) in [6.07, 6.45) is 2.30. The Kier molecular flexibility index (Phi) is 4.82. The molecule has 26 heavy (non-hydrogen) atoms. The lowest BCUT2D eigenvalue weighted by molar-refractivity contribution is -0.956. The summed E-state index contributed by atoms with van der Waals surface area (Å²) >= 11 is 7.61. The maximum atomic E-state index is 5.71. The predicted molar refractivity (Wildman–Crippen MR) is 109 cm³/mol. The zero-order chi connectivity index (χ0) is 18.3. The number of aryl methyl sites for hydroxylation is 1. The van der Waals surface area contributed by atoms with Crippen molar-refractivity contribution in [3.8, 4) is 11.4 Å². The summed E-state index contributed by atoms with van der Waals surface area (Å²) in [5, 5.41) is 7.14. The van der Waals surface area contributed by atoms with Gasteiger partial charge in [0.1, 0.15) is 6.04 Å². The first kappa shape index (κ1) is 17.6. The molecule has 4 nitrogen and oxygen atoms in total. The Morgan fingerprint density at radius 3 is 2.88 bits per heavy atom. The van der Waals surface area contributed by atoms with Gasteiger partial charge < -0.3 is 9.47 Å². The Morgan fingerprint density at radius 1 is 1.31 bits per heavy atom. The molecule has 4 rings (SSSR count). The second-order valence-corrected chi connectivity index (χ2v) is 8.42. The van der Waals surface area contributed by atoms with Crippen LogP contribution in [-0.4, -0.2) is 20.9 Å². The summed E-state index contributed by atoms with van der Waals surface area (Å²) in [5.41, 5.74) is 3.91. The minimum atomic E-state index is 0.538. The molecular weight excluding hydrogens is 360 g/mol. The molecule has 136 valence electrons. The van der Waals surface area contributed by atoms with E-state index in [4.69, 9.17) is 17.3 Å². The summed E-state index contributed by atoms with van der Waals surface area (Å²) in [6.45, 7) is 6.38. The van der Waals surface area contributed by atoms with Crippen LogP contribution < -0.4 is 4.90 Å². The van der Waals surface area contributed by atoms with Crippen molar-refractivity contribution in [3.05, 3.63) is 56.5 Å². The number of hydrogen-bond donors (Lipinski definition) is 1. The zero-order valence-electron chi connectivity index (χ0n) is 15.5. The van der Waals surface area contributed by atoms with E-state index in [1.165, 1.54) is 11.1 Å². The molecule has 3 heterocycles. The number of nitrogens with one attached hydrogen (secondary N) is 1. The van der Waals surface area contributed by atoms with E-state index in [1.54, 1.807) is 9.78 Å². The second-order valence-electron chi connectivity index (χ2n) is 7.06. The zero-order valence-corrected chi connectivity index (χ0v) is 17.2.